The maximum atomic E-state index is 13.9. The third-order valence-corrected chi connectivity index (χ3v) is 5.84. The summed E-state index contributed by atoms with van der Waals surface area (Å²) in [5, 5.41) is 5.32. The second-order valence-corrected chi connectivity index (χ2v) is 7.99. The number of hydrogen-bond acceptors (Lipinski definition) is 2. The van der Waals surface area contributed by atoms with E-state index in [0.717, 1.165) is 21.9 Å². The van der Waals surface area contributed by atoms with E-state index in [1.54, 1.807) is 17.0 Å². The maximum Gasteiger partial charge on any atom is 0.255 e. The largest absolute Gasteiger partial charge is 0.324 e. The molecule has 1 aliphatic rings. The molecule has 0 spiro atoms. The molecule has 4 aromatic rings. The molecule has 0 bridgehead atoms. The maximum absolute atomic E-state index is 13.9. The van der Waals surface area contributed by atoms with Gasteiger partial charge in [0.2, 0.25) is 5.91 Å². The molecule has 0 saturated heterocycles. The van der Waals surface area contributed by atoms with Crippen LogP contribution in [0.15, 0.2) is 91.0 Å². The Bertz CT molecular complexity index is 1300. The van der Waals surface area contributed by atoms with Crippen molar-refractivity contribution in [2.45, 2.75) is 6.04 Å². The summed E-state index contributed by atoms with van der Waals surface area (Å²) in [5.74, 6) is -0.441. The predicted octanol–water partition coefficient (Wildman–Crippen LogP) is 5.68. The summed E-state index contributed by atoms with van der Waals surface area (Å²) in [4.78, 5) is 28.3. The van der Waals surface area contributed by atoms with Crippen molar-refractivity contribution in [1.82, 2.24) is 4.90 Å². The molecular formula is C26H19ClN2O2. The lowest BCUT2D eigenvalue weighted by Crippen LogP contribution is -2.39. The topological polar surface area (TPSA) is 49.4 Å². The Kier molecular flexibility index (Phi) is 4.92. The molecule has 31 heavy (non-hydrogen) atoms. The molecular weight excluding hydrogens is 408 g/mol. The van der Waals surface area contributed by atoms with Crippen molar-refractivity contribution < 1.29 is 9.59 Å². The van der Waals surface area contributed by atoms with Crippen molar-refractivity contribution in [2.75, 3.05) is 11.9 Å². The molecule has 4 aromatic carbocycles. The molecule has 1 atom stereocenters. The van der Waals surface area contributed by atoms with Crippen LogP contribution in [0.2, 0.25) is 5.02 Å². The number of fused-ring (bicyclic) bond motifs is 2. The van der Waals surface area contributed by atoms with Crippen molar-refractivity contribution in [3.8, 4) is 0 Å². The van der Waals surface area contributed by atoms with Crippen LogP contribution in [0.4, 0.5) is 5.69 Å². The Balaban J connectivity index is 1.71. The Morgan fingerprint density at radius 1 is 0.903 bits per heavy atom. The van der Waals surface area contributed by atoms with Crippen LogP contribution < -0.4 is 5.32 Å². The number of carbonyl (C=O) groups excluding carboxylic acids is 2. The second-order valence-electron chi connectivity index (χ2n) is 7.55. The van der Waals surface area contributed by atoms with E-state index in [9.17, 15) is 9.59 Å². The molecule has 0 aliphatic carbocycles. The first-order valence-electron chi connectivity index (χ1n) is 10.0. The Hall–Kier alpha value is -3.63. The van der Waals surface area contributed by atoms with Gasteiger partial charge in [0.15, 0.2) is 0 Å². The van der Waals surface area contributed by atoms with Gasteiger partial charge in [-0.3, -0.25) is 9.59 Å². The molecule has 5 heteroatoms. The Labute approximate surface area is 185 Å². The van der Waals surface area contributed by atoms with Crippen molar-refractivity contribution in [3.63, 3.8) is 0 Å². The van der Waals surface area contributed by atoms with Gasteiger partial charge in [0.05, 0.1) is 6.04 Å². The van der Waals surface area contributed by atoms with E-state index in [-0.39, 0.29) is 18.4 Å². The van der Waals surface area contributed by atoms with E-state index in [1.165, 1.54) is 0 Å². The molecule has 0 fully saturated rings. The van der Waals surface area contributed by atoms with Gasteiger partial charge in [0.25, 0.3) is 5.91 Å². The molecule has 1 aliphatic heterocycles. The molecule has 5 rings (SSSR count). The number of carbonyl (C=O) groups is 2. The van der Waals surface area contributed by atoms with Crippen molar-refractivity contribution in [3.05, 3.63) is 113 Å². The number of anilines is 1. The minimum atomic E-state index is -0.458. The summed E-state index contributed by atoms with van der Waals surface area (Å²) in [7, 11) is 0. The number of amides is 2. The SMILES string of the molecule is O=C1CN(C(=O)c2cccc3ccccc23)C(c2ccccc2)c2cc(Cl)ccc2N1. The standard InChI is InChI=1S/C26H19ClN2O2/c27-19-13-14-23-22(15-19)25(18-8-2-1-3-9-18)29(16-24(30)28-23)26(31)21-12-6-10-17-7-4-5-11-20(17)21/h1-15,25H,16H2,(H,28,30). The molecule has 0 radical (unpaired) electrons. The first kappa shape index (κ1) is 19.3. The summed E-state index contributed by atoms with van der Waals surface area (Å²) < 4.78 is 0. The van der Waals surface area contributed by atoms with E-state index in [2.05, 4.69) is 5.32 Å². The summed E-state index contributed by atoms with van der Waals surface area (Å²) in [6.07, 6.45) is 0. The van der Waals surface area contributed by atoms with E-state index >= 15 is 0 Å². The molecule has 152 valence electrons. The highest BCUT2D eigenvalue weighted by Gasteiger charge is 2.34. The minimum Gasteiger partial charge on any atom is -0.324 e. The van der Waals surface area contributed by atoms with Crippen LogP contribution in [0.3, 0.4) is 0 Å². The average Bonchev–Trinajstić information content (AvgIpc) is 2.94. The Morgan fingerprint density at radius 2 is 1.65 bits per heavy atom. The van der Waals surface area contributed by atoms with Crippen LogP contribution in [-0.4, -0.2) is 23.3 Å². The fourth-order valence-electron chi connectivity index (χ4n) is 4.23. The normalized spacial score (nSPS) is 15.8. The highest BCUT2D eigenvalue weighted by atomic mass is 35.5. The van der Waals surface area contributed by atoms with Crippen LogP contribution in [0.5, 0.6) is 0 Å². The van der Waals surface area contributed by atoms with Crippen LogP contribution in [0.1, 0.15) is 27.5 Å². The van der Waals surface area contributed by atoms with Gasteiger partial charge in [0.1, 0.15) is 6.54 Å². The first-order valence-corrected chi connectivity index (χ1v) is 10.4. The van der Waals surface area contributed by atoms with Crippen LogP contribution in [0, 0.1) is 0 Å². The summed E-state index contributed by atoms with van der Waals surface area (Å²) in [6.45, 7) is -0.0616. The number of benzene rings is 4. The van der Waals surface area contributed by atoms with E-state index in [1.807, 2.05) is 78.9 Å². The third-order valence-electron chi connectivity index (χ3n) is 5.60. The lowest BCUT2D eigenvalue weighted by Gasteiger charge is -2.31. The van der Waals surface area contributed by atoms with Crippen LogP contribution >= 0.6 is 11.6 Å². The quantitative estimate of drug-likeness (QED) is 0.448. The third kappa shape index (κ3) is 3.56. The summed E-state index contributed by atoms with van der Waals surface area (Å²) in [5.41, 5.74) is 2.93. The van der Waals surface area contributed by atoms with E-state index in [0.29, 0.717) is 16.3 Å². The lowest BCUT2D eigenvalue weighted by atomic mass is 9.94. The number of rotatable bonds is 2. The highest BCUT2D eigenvalue weighted by Crippen LogP contribution is 2.38. The first-order chi connectivity index (χ1) is 15.1. The highest BCUT2D eigenvalue weighted by molar-refractivity contribution is 6.30. The number of nitrogens with zero attached hydrogens (tertiary/aromatic N) is 1. The lowest BCUT2D eigenvalue weighted by molar-refractivity contribution is -0.117. The zero-order valence-electron chi connectivity index (χ0n) is 16.6. The van der Waals surface area contributed by atoms with Gasteiger partial charge in [-0.25, -0.2) is 0 Å². The van der Waals surface area contributed by atoms with Crippen LogP contribution in [-0.2, 0) is 4.79 Å². The second kappa shape index (κ2) is 7.89. The molecule has 1 heterocycles. The van der Waals surface area contributed by atoms with Gasteiger partial charge in [-0.05, 0) is 40.6 Å². The zero-order chi connectivity index (χ0) is 21.4. The van der Waals surface area contributed by atoms with Crippen LogP contribution in [0.25, 0.3) is 10.8 Å². The molecule has 2 amide bonds. The number of halogens is 1. The average molecular weight is 427 g/mol. The van der Waals surface area contributed by atoms with Gasteiger partial charge in [0, 0.05) is 21.8 Å². The van der Waals surface area contributed by atoms with Crippen molar-refractivity contribution >= 4 is 39.9 Å². The van der Waals surface area contributed by atoms with Gasteiger partial charge in [-0.2, -0.15) is 0 Å². The molecule has 0 aromatic heterocycles. The minimum absolute atomic E-state index is 0.0616. The molecule has 1 N–H and O–H groups in total. The van der Waals surface area contributed by atoms with Gasteiger partial charge in [-0.1, -0.05) is 78.3 Å². The fourth-order valence-corrected chi connectivity index (χ4v) is 4.41. The fraction of sp³-hybridized carbons (Fsp3) is 0.0769. The summed E-state index contributed by atoms with van der Waals surface area (Å²) >= 11 is 6.33. The number of nitrogens with one attached hydrogen (secondary N) is 1. The molecule has 0 saturated carbocycles. The summed E-state index contributed by atoms with van der Waals surface area (Å²) in [6, 6.07) is 28.1. The van der Waals surface area contributed by atoms with Gasteiger partial charge < -0.3 is 10.2 Å². The number of hydrogen-bond donors (Lipinski definition) is 1. The smallest absolute Gasteiger partial charge is 0.255 e. The van der Waals surface area contributed by atoms with Gasteiger partial charge in [-0.15, -0.1) is 0 Å². The monoisotopic (exact) mass is 426 g/mol. The van der Waals surface area contributed by atoms with Gasteiger partial charge >= 0.3 is 0 Å². The molecule has 1 unspecified atom stereocenters. The predicted molar refractivity (Wildman–Crippen MR) is 123 cm³/mol. The Morgan fingerprint density at radius 3 is 2.48 bits per heavy atom. The van der Waals surface area contributed by atoms with Crippen molar-refractivity contribution in [1.29, 1.82) is 0 Å². The van der Waals surface area contributed by atoms with E-state index < -0.39 is 6.04 Å². The molecule has 4 nitrogen and oxygen atoms in total. The van der Waals surface area contributed by atoms with Crippen molar-refractivity contribution in [2.24, 2.45) is 0 Å². The zero-order valence-corrected chi connectivity index (χ0v) is 17.3. The van der Waals surface area contributed by atoms with E-state index in [4.69, 9.17) is 11.6 Å².